The highest BCUT2D eigenvalue weighted by atomic mass is 16.5. The fourth-order valence-electron chi connectivity index (χ4n) is 4.34. The molecule has 4 aromatic rings. The van der Waals surface area contributed by atoms with Gasteiger partial charge in [-0.2, -0.15) is 0 Å². The molecule has 0 amide bonds. The number of rotatable bonds is 7. The van der Waals surface area contributed by atoms with E-state index in [1.54, 1.807) is 37.3 Å². The third-order valence-corrected chi connectivity index (χ3v) is 6.36. The van der Waals surface area contributed by atoms with Crippen molar-refractivity contribution in [3.8, 4) is 0 Å². The van der Waals surface area contributed by atoms with Gasteiger partial charge in [-0.1, -0.05) is 60.7 Å². The Hall–Kier alpha value is -4.97. The largest absolute Gasteiger partial charge is 0.457 e. The van der Waals surface area contributed by atoms with Crippen molar-refractivity contribution in [2.24, 2.45) is 0 Å². The first kappa shape index (κ1) is 24.7. The van der Waals surface area contributed by atoms with Crippen molar-refractivity contribution < 1.29 is 19.1 Å². The Morgan fingerprint density at radius 2 is 1.21 bits per heavy atom. The van der Waals surface area contributed by atoms with Crippen molar-refractivity contribution >= 4 is 40.3 Å². The Bertz CT molecular complexity index is 1590. The van der Waals surface area contributed by atoms with Crippen molar-refractivity contribution in [3.63, 3.8) is 0 Å². The molecule has 0 saturated carbocycles. The second-order valence-corrected chi connectivity index (χ2v) is 9.28. The van der Waals surface area contributed by atoms with Gasteiger partial charge in [0.25, 0.3) is 0 Å². The molecule has 0 unspecified atom stereocenters. The Morgan fingerprint density at radius 1 is 0.737 bits per heavy atom. The van der Waals surface area contributed by atoms with Gasteiger partial charge in [-0.15, -0.1) is 0 Å². The van der Waals surface area contributed by atoms with Crippen LogP contribution in [0.15, 0.2) is 97.1 Å². The molecule has 1 aliphatic rings. The summed E-state index contributed by atoms with van der Waals surface area (Å²) in [4.78, 5) is 39.0. The molecular weight excluding hydrogens is 476 g/mol. The number of anilines is 4. The van der Waals surface area contributed by atoms with Gasteiger partial charge in [0.15, 0.2) is 11.6 Å². The highest BCUT2D eigenvalue weighted by molar-refractivity contribution is 6.32. The van der Waals surface area contributed by atoms with Crippen LogP contribution in [0.1, 0.15) is 49.9 Å². The second-order valence-electron chi connectivity index (χ2n) is 9.28. The molecule has 1 aliphatic carbocycles. The van der Waals surface area contributed by atoms with Crippen molar-refractivity contribution in [2.45, 2.75) is 20.5 Å². The Balaban J connectivity index is 1.50. The van der Waals surface area contributed by atoms with Gasteiger partial charge in [-0.05, 0) is 55.8 Å². The summed E-state index contributed by atoms with van der Waals surface area (Å²) in [5.41, 5.74) is 6.35. The number of benzene rings is 4. The molecule has 0 fully saturated rings. The zero-order valence-corrected chi connectivity index (χ0v) is 21.1. The minimum absolute atomic E-state index is 0.129. The number of carbonyl (C=O) groups is 3. The van der Waals surface area contributed by atoms with Crippen LogP contribution in [0.4, 0.5) is 22.7 Å². The third-order valence-electron chi connectivity index (χ3n) is 6.36. The standard InChI is InChI=1S/C32H26N2O4/c1-19(2)32(37)38-18-21-10-14-23(15-11-21)34-27-17-16-26(33-22-12-8-20(3)9-13-22)28-29(27)31(36)25-7-5-4-6-24(25)30(28)35/h4-17,33-34H,1,18H2,2-3H3. The summed E-state index contributed by atoms with van der Waals surface area (Å²) < 4.78 is 5.20. The number of ketones is 2. The lowest BCUT2D eigenvalue weighted by atomic mass is 9.82. The lowest BCUT2D eigenvalue weighted by molar-refractivity contribution is -0.140. The number of fused-ring (bicyclic) bond motifs is 2. The average Bonchev–Trinajstić information content (AvgIpc) is 2.93. The molecule has 5 rings (SSSR count). The number of ether oxygens (including phenoxy) is 1. The summed E-state index contributed by atoms with van der Waals surface area (Å²) in [5, 5.41) is 6.62. The first-order valence-electron chi connectivity index (χ1n) is 12.2. The molecule has 0 aliphatic heterocycles. The van der Waals surface area contributed by atoms with Gasteiger partial charge in [-0.25, -0.2) is 4.79 Å². The minimum atomic E-state index is -0.443. The van der Waals surface area contributed by atoms with E-state index in [0.29, 0.717) is 39.2 Å². The smallest absolute Gasteiger partial charge is 0.333 e. The number of esters is 1. The minimum Gasteiger partial charge on any atom is -0.457 e. The van der Waals surface area contributed by atoms with Crippen molar-refractivity contribution in [1.82, 2.24) is 0 Å². The van der Waals surface area contributed by atoms with Crippen LogP contribution in [-0.2, 0) is 16.1 Å². The molecule has 6 heteroatoms. The molecule has 0 spiro atoms. The van der Waals surface area contributed by atoms with Crippen LogP contribution in [0.25, 0.3) is 0 Å². The maximum atomic E-state index is 13.7. The van der Waals surface area contributed by atoms with Crippen LogP contribution in [0.2, 0.25) is 0 Å². The summed E-state index contributed by atoms with van der Waals surface area (Å²) in [6, 6.07) is 25.7. The molecule has 38 heavy (non-hydrogen) atoms. The maximum Gasteiger partial charge on any atom is 0.333 e. The van der Waals surface area contributed by atoms with E-state index < -0.39 is 5.97 Å². The lowest BCUT2D eigenvalue weighted by Crippen LogP contribution is -2.23. The fraction of sp³-hybridized carbons (Fsp3) is 0.0938. The van der Waals surface area contributed by atoms with Crippen LogP contribution in [0.3, 0.4) is 0 Å². The topological polar surface area (TPSA) is 84.5 Å². The highest BCUT2D eigenvalue weighted by Crippen LogP contribution is 2.38. The number of aryl methyl sites for hydroxylation is 1. The van der Waals surface area contributed by atoms with Gasteiger partial charge < -0.3 is 15.4 Å². The van der Waals surface area contributed by atoms with Gasteiger partial charge >= 0.3 is 5.97 Å². The second kappa shape index (κ2) is 10.2. The predicted molar refractivity (Wildman–Crippen MR) is 149 cm³/mol. The molecule has 188 valence electrons. The highest BCUT2D eigenvalue weighted by Gasteiger charge is 2.34. The molecule has 0 aromatic heterocycles. The number of nitrogens with one attached hydrogen (secondary N) is 2. The molecule has 0 atom stereocenters. The number of carbonyl (C=O) groups excluding carboxylic acids is 3. The fourth-order valence-corrected chi connectivity index (χ4v) is 4.34. The monoisotopic (exact) mass is 502 g/mol. The zero-order chi connectivity index (χ0) is 26.8. The van der Waals surface area contributed by atoms with E-state index in [1.807, 2.05) is 61.5 Å². The van der Waals surface area contributed by atoms with Gasteiger partial charge in [0.2, 0.25) is 0 Å². The Labute approximate surface area is 221 Å². The molecule has 2 N–H and O–H groups in total. The third kappa shape index (κ3) is 4.84. The van der Waals surface area contributed by atoms with E-state index in [1.165, 1.54) is 0 Å². The zero-order valence-electron chi connectivity index (χ0n) is 21.1. The maximum absolute atomic E-state index is 13.7. The number of hydrogen-bond donors (Lipinski definition) is 2. The van der Waals surface area contributed by atoms with Crippen LogP contribution in [-0.4, -0.2) is 17.5 Å². The quantitative estimate of drug-likeness (QED) is 0.186. The SMILES string of the molecule is C=C(C)C(=O)OCc1ccc(Nc2ccc(Nc3ccc(C)cc3)c3c2C(=O)c2ccccc2C3=O)cc1. The van der Waals surface area contributed by atoms with E-state index >= 15 is 0 Å². The lowest BCUT2D eigenvalue weighted by Gasteiger charge is -2.24. The van der Waals surface area contributed by atoms with Crippen molar-refractivity contribution in [2.75, 3.05) is 10.6 Å². The summed E-state index contributed by atoms with van der Waals surface area (Å²) in [5.74, 6) is -0.863. The first-order valence-corrected chi connectivity index (χ1v) is 12.2. The van der Waals surface area contributed by atoms with E-state index in [9.17, 15) is 14.4 Å². The normalized spacial score (nSPS) is 11.8. The van der Waals surface area contributed by atoms with E-state index in [-0.39, 0.29) is 18.2 Å². The average molecular weight is 503 g/mol. The molecule has 0 heterocycles. The molecule has 6 nitrogen and oxygen atoms in total. The van der Waals surface area contributed by atoms with Crippen molar-refractivity contribution in [3.05, 3.63) is 130 Å². The predicted octanol–water partition coefficient (Wildman–Crippen LogP) is 6.88. The molecule has 0 radical (unpaired) electrons. The molecule has 0 bridgehead atoms. The van der Waals surface area contributed by atoms with Gasteiger partial charge in [-0.3, -0.25) is 9.59 Å². The van der Waals surface area contributed by atoms with Gasteiger partial charge in [0.05, 0.1) is 22.5 Å². The van der Waals surface area contributed by atoms with E-state index in [2.05, 4.69) is 17.2 Å². The van der Waals surface area contributed by atoms with E-state index in [4.69, 9.17) is 4.74 Å². The molecular formula is C32H26N2O4. The van der Waals surface area contributed by atoms with Gasteiger partial charge in [0.1, 0.15) is 6.61 Å². The molecule has 0 saturated heterocycles. The first-order chi connectivity index (χ1) is 18.3. The van der Waals surface area contributed by atoms with Gasteiger partial charge in [0, 0.05) is 28.1 Å². The van der Waals surface area contributed by atoms with Crippen LogP contribution >= 0.6 is 0 Å². The number of hydrogen-bond acceptors (Lipinski definition) is 6. The Morgan fingerprint density at radius 3 is 1.68 bits per heavy atom. The summed E-state index contributed by atoms with van der Waals surface area (Å²) in [6.07, 6.45) is 0. The van der Waals surface area contributed by atoms with Crippen LogP contribution in [0, 0.1) is 6.92 Å². The molecule has 4 aromatic carbocycles. The van der Waals surface area contributed by atoms with Crippen LogP contribution < -0.4 is 10.6 Å². The van der Waals surface area contributed by atoms with Crippen LogP contribution in [0.5, 0.6) is 0 Å². The van der Waals surface area contributed by atoms with E-state index in [0.717, 1.165) is 22.5 Å². The van der Waals surface area contributed by atoms with Crippen molar-refractivity contribution in [1.29, 1.82) is 0 Å². The Kier molecular flexibility index (Phi) is 6.62. The summed E-state index contributed by atoms with van der Waals surface area (Å²) in [6.45, 7) is 7.32. The summed E-state index contributed by atoms with van der Waals surface area (Å²) >= 11 is 0. The summed E-state index contributed by atoms with van der Waals surface area (Å²) in [7, 11) is 0.